The Morgan fingerprint density at radius 1 is 0.774 bits per heavy atom. The van der Waals surface area contributed by atoms with Gasteiger partial charge in [0.15, 0.2) is 10.6 Å². The molecule has 2 N–H and O–H groups in total. The van der Waals surface area contributed by atoms with Gasteiger partial charge in [0.2, 0.25) is 5.71 Å². The van der Waals surface area contributed by atoms with Crippen LogP contribution in [0.2, 0.25) is 0 Å². The molecular formula is C37H50N6O15S4. The van der Waals surface area contributed by atoms with E-state index in [1.165, 1.54) is 39.5 Å². The molecule has 342 valence electrons. The lowest BCUT2D eigenvalue weighted by Crippen LogP contribution is -2.28. The van der Waals surface area contributed by atoms with Crippen molar-refractivity contribution in [2.24, 2.45) is 9.55 Å². The van der Waals surface area contributed by atoms with Gasteiger partial charge in [0.05, 0.1) is 32.8 Å². The number of carbonyl (C=O) groups is 6. The van der Waals surface area contributed by atoms with Gasteiger partial charge >= 0.3 is 45.9 Å². The fraction of sp³-hybridized carbons (Fsp3) is 0.486. The van der Waals surface area contributed by atoms with E-state index in [2.05, 4.69) is 45.1 Å². The van der Waals surface area contributed by atoms with Crippen LogP contribution in [-0.4, -0.2) is 110 Å². The Kier molecular flexibility index (Phi) is 25.6. The molecule has 0 aliphatic carbocycles. The number of hydrogen-bond acceptors (Lipinski definition) is 24. The van der Waals surface area contributed by atoms with Crippen LogP contribution < -0.4 is 5.73 Å². The molecule has 0 aliphatic heterocycles. The maximum absolute atomic E-state index is 11.9. The molecule has 0 saturated carbocycles. The van der Waals surface area contributed by atoms with Gasteiger partial charge in [0.1, 0.15) is 39.6 Å². The number of aromatic nitrogens is 1. The molecule has 1 aromatic carbocycles. The van der Waals surface area contributed by atoms with Crippen molar-refractivity contribution >= 4 is 99.2 Å². The molecule has 0 saturated heterocycles. The largest absolute Gasteiger partial charge is 0.468 e. The molecule has 0 bridgehead atoms. The lowest BCUT2D eigenvalue weighted by Gasteiger charge is -2.18. The molecule has 1 heterocycles. The summed E-state index contributed by atoms with van der Waals surface area (Å²) in [5, 5.41) is 20.6. The predicted molar refractivity (Wildman–Crippen MR) is 231 cm³/mol. The summed E-state index contributed by atoms with van der Waals surface area (Å²) in [6.07, 6.45) is 0. The van der Waals surface area contributed by atoms with Crippen LogP contribution in [0.3, 0.4) is 0 Å². The number of rotatable bonds is 11. The summed E-state index contributed by atoms with van der Waals surface area (Å²) in [4.78, 5) is 66.7. The summed E-state index contributed by atoms with van der Waals surface area (Å²) < 4.78 is 63.6. The van der Waals surface area contributed by atoms with Crippen molar-refractivity contribution < 1.29 is 69.9 Å². The number of esters is 6. The molecule has 2 aromatic rings. The number of nitrogens with zero attached hydrogens (tertiary/aromatic N) is 5. The van der Waals surface area contributed by atoms with Gasteiger partial charge in [0.25, 0.3) is 5.71 Å². The van der Waals surface area contributed by atoms with Crippen molar-refractivity contribution in [3.8, 4) is 12.1 Å². The Labute approximate surface area is 374 Å². The zero-order valence-corrected chi connectivity index (χ0v) is 39.7. The second kappa shape index (κ2) is 27.2. The third-order valence-electron chi connectivity index (χ3n) is 5.55. The Balaban J connectivity index is 0. The molecule has 0 radical (unpaired) electrons. The number of nitriles is 2. The number of anilines is 1. The molecule has 1 aromatic heterocycles. The van der Waals surface area contributed by atoms with Crippen molar-refractivity contribution in [3.05, 3.63) is 40.4 Å². The van der Waals surface area contributed by atoms with E-state index in [1.807, 2.05) is 0 Å². The van der Waals surface area contributed by atoms with E-state index in [9.17, 15) is 37.2 Å². The van der Waals surface area contributed by atoms with Crippen molar-refractivity contribution in [1.82, 2.24) is 4.37 Å². The molecule has 0 unspecified atom stereocenters. The van der Waals surface area contributed by atoms with Crippen LogP contribution >= 0.6 is 36.1 Å². The highest BCUT2D eigenvalue weighted by Gasteiger charge is 2.27. The van der Waals surface area contributed by atoms with Crippen molar-refractivity contribution in [2.75, 3.05) is 38.6 Å². The molecule has 0 amide bonds. The fourth-order valence-electron chi connectivity index (χ4n) is 2.98. The first-order valence-electron chi connectivity index (χ1n) is 17.3. The standard InChI is InChI=1S/C14H16N2O5S.2C10H14N2O4S.C3H6O2S/c1-10-5-7-11(8-6-10)22(18,19)21-16-12(9-15)13(17)20-14(2,3)4;1-10(2,3)16-8(13)6-5(11)7(17-12-6)9(14)15-4;1-10(2,3)16-9(14)7(5-11)12-17-6-8(13)15-4;1-5-3(4)2-6/h5-8H,1-4H3;11H2,1-4H3;6H2,1-4H3;6H,2H2,1H3/b16-12+;;;. The third-order valence-corrected chi connectivity index (χ3v) is 8.44. The summed E-state index contributed by atoms with van der Waals surface area (Å²) in [5.74, 6) is -3.82. The number of hydrogen-bond donors (Lipinski definition) is 2. The molecule has 21 nitrogen and oxygen atoms in total. The molecule has 0 atom stereocenters. The van der Waals surface area contributed by atoms with Gasteiger partial charge in [-0.1, -0.05) is 17.7 Å². The summed E-state index contributed by atoms with van der Waals surface area (Å²) in [6, 6.07) is 8.89. The van der Waals surface area contributed by atoms with E-state index in [0.717, 1.165) is 29.0 Å². The smallest absolute Gasteiger partial charge is 0.372 e. The van der Waals surface area contributed by atoms with Gasteiger partial charge in [-0.25, -0.2) is 19.2 Å². The minimum atomic E-state index is -4.21. The number of benzene rings is 1. The second-order valence-corrected chi connectivity index (χ2v) is 17.6. The van der Waals surface area contributed by atoms with E-state index in [0.29, 0.717) is 0 Å². The molecule has 25 heteroatoms. The quantitative estimate of drug-likeness (QED) is 0.0777. The first kappa shape index (κ1) is 58.3. The lowest BCUT2D eigenvalue weighted by molar-refractivity contribution is -0.147. The Morgan fingerprint density at radius 3 is 1.63 bits per heavy atom. The lowest BCUT2D eigenvalue weighted by atomic mass is 10.2. The van der Waals surface area contributed by atoms with Crippen LogP contribution in [0.5, 0.6) is 0 Å². The van der Waals surface area contributed by atoms with Gasteiger partial charge in [-0.2, -0.15) is 40.3 Å². The molecule has 0 aliphatic rings. The summed E-state index contributed by atoms with van der Waals surface area (Å²) in [5.41, 5.74) is 3.12. The zero-order valence-electron chi connectivity index (χ0n) is 36.3. The molecule has 62 heavy (non-hydrogen) atoms. The van der Waals surface area contributed by atoms with Crippen LogP contribution in [0.1, 0.15) is 88.0 Å². The van der Waals surface area contributed by atoms with Gasteiger partial charge in [-0.05, 0) is 110 Å². The summed E-state index contributed by atoms with van der Waals surface area (Å²) in [6.45, 7) is 16.8. The minimum Gasteiger partial charge on any atom is -0.468 e. The number of carbonyl (C=O) groups excluding carboxylic acids is 6. The highest BCUT2D eigenvalue weighted by atomic mass is 32.2. The zero-order chi connectivity index (χ0) is 48.6. The van der Waals surface area contributed by atoms with Crippen LogP contribution in [0.15, 0.2) is 38.7 Å². The number of ether oxygens (including phenoxy) is 6. The van der Waals surface area contributed by atoms with Gasteiger partial charge in [-0.3, -0.25) is 13.9 Å². The normalized spacial score (nSPS) is 11.4. The second-order valence-electron chi connectivity index (χ2n) is 14.3. The maximum atomic E-state index is 11.9. The molecule has 0 spiro atoms. The van der Waals surface area contributed by atoms with E-state index < -0.39 is 62.5 Å². The average Bonchev–Trinajstić information content (AvgIpc) is 3.56. The first-order valence-corrected chi connectivity index (χ1v) is 21.0. The highest BCUT2D eigenvalue weighted by Crippen LogP contribution is 2.24. The number of thiol groups is 1. The Morgan fingerprint density at radius 2 is 1.24 bits per heavy atom. The maximum Gasteiger partial charge on any atom is 0.372 e. The van der Waals surface area contributed by atoms with E-state index in [1.54, 1.807) is 87.4 Å². The van der Waals surface area contributed by atoms with Gasteiger partial charge < -0.3 is 34.2 Å². The van der Waals surface area contributed by atoms with Crippen molar-refractivity contribution in [3.63, 3.8) is 0 Å². The van der Waals surface area contributed by atoms with E-state index in [-0.39, 0.29) is 44.3 Å². The van der Waals surface area contributed by atoms with Gasteiger partial charge in [-0.15, -0.1) is 0 Å². The molecular weight excluding hydrogens is 897 g/mol. The van der Waals surface area contributed by atoms with Crippen LogP contribution in [0, 0.1) is 29.6 Å². The van der Waals surface area contributed by atoms with E-state index in [4.69, 9.17) is 30.5 Å². The first-order chi connectivity index (χ1) is 28.4. The Hall–Kier alpha value is -5.76. The third kappa shape index (κ3) is 25.1. The average molecular weight is 947 g/mol. The van der Waals surface area contributed by atoms with Crippen molar-refractivity contribution in [1.29, 1.82) is 10.5 Å². The van der Waals surface area contributed by atoms with Crippen molar-refractivity contribution in [2.45, 2.75) is 90.9 Å². The minimum absolute atomic E-state index is 0.00361. The topological polar surface area (TPSA) is 312 Å². The SMILES string of the molecule is COC(=O)CS.COC(=O)CSN=C(C#N)C(=O)OC(C)(C)C.COC(=O)c1snc(C(=O)OC(C)(C)C)c1N.Cc1ccc(S(=O)(=O)O/N=C(\C#N)C(=O)OC(C)(C)C)cc1. The van der Waals surface area contributed by atoms with Crippen LogP contribution in [-0.2, 0) is 62.0 Å². The fourth-order valence-corrected chi connectivity index (χ4v) is 5.08. The van der Waals surface area contributed by atoms with Crippen LogP contribution in [0.25, 0.3) is 0 Å². The van der Waals surface area contributed by atoms with Gasteiger partial charge in [0, 0.05) is 0 Å². The number of methoxy groups -OCH3 is 3. The highest BCUT2D eigenvalue weighted by molar-refractivity contribution is 7.98. The summed E-state index contributed by atoms with van der Waals surface area (Å²) >= 11 is 5.20. The van der Waals surface area contributed by atoms with Crippen LogP contribution in [0.4, 0.5) is 5.69 Å². The number of aryl methyl sites for hydroxylation is 1. The number of oxime groups is 1. The predicted octanol–water partition coefficient (Wildman–Crippen LogP) is 4.59. The number of nitrogens with two attached hydrogens (primary N) is 1. The molecule has 2 rings (SSSR count). The van der Waals surface area contributed by atoms with E-state index >= 15 is 0 Å². The monoisotopic (exact) mass is 946 g/mol. The summed E-state index contributed by atoms with van der Waals surface area (Å²) in [7, 11) is -0.401. The Bertz CT molecular complexity index is 2110. The molecule has 0 fully saturated rings. The number of nitrogen functional groups attached to an aromatic ring is 1.